The van der Waals surface area contributed by atoms with Crippen molar-refractivity contribution in [3.63, 3.8) is 0 Å². The van der Waals surface area contributed by atoms with Gasteiger partial charge in [0.1, 0.15) is 5.75 Å². The number of benzene rings is 2. The second kappa shape index (κ2) is 9.98. The van der Waals surface area contributed by atoms with Crippen LogP contribution in [0.1, 0.15) is 11.1 Å². The topological polar surface area (TPSA) is 68.8 Å². The summed E-state index contributed by atoms with van der Waals surface area (Å²) < 4.78 is 15.7. The molecule has 0 saturated carbocycles. The molecule has 0 bridgehead atoms. The van der Waals surface area contributed by atoms with Crippen molar-refractivity contribution in [3.05, 3.63) is 59.8 Å². The van der Waals surface area contributed by atoms with Gasteiger partial charge in [-0.25, -0.2) is 4.79 Å². The Morgan fingerprint density at radius 1 is 0.962 bits per heavy atom. The lowest BCUT2D eigenvalue weighted by atomic mass is 10.1. The van der Waals surface area contributed by atoms with Crippen LogP contribution in [0, 0.1) is 0 Å². The monoisotopic (exact) mass is 356 g/mol. The number of hydrogen-bond donors (Lipinski definition) is 2. The molecule has 0 aliphatic rings. The van der Waals surface area contributed by atoms with E-state index < -0.39 is 0 Å². The van der Waals surface area contributed by atoms with Crippen LogP contribution in [0.15, 0.2) is 48.7 Å². The Kier molecular flexibility index (Phi) is 7.36. The number of carbonyl (C=O) groups is 1. The average Bonchev–Trinajstić information content (AvgIpc) is 2.68. The average molecular weight is 356 g/mol. The zero-order valence-corrected chi connectivity index (χ0v) is 15.2. The normalized spacial score (nSPS) is 10.4. The van der Waals surface area contributed by atoms with E-state index in [1.807, 2.05) is 42.5 Å². The van der Waals surface area contributed by atoms with Crippen LogP contribution in [0.3, 0.4) is 0 Å². The second-order valence-corrected chi connectivity index (χ2v) is 5.41. The molecule has 0 aromatic heterocycles. The molecule has 0 radical (unpaired) electrons. The molecule has 0 unspecified atom stereocenters. The van der Waals surface area contributed by atoms with Crippen LogP contribution < -0.4 is 24.8 Å². The van der Waals surface area contributed by atoms with Crippen molar-refractivity contribution >= 4 is 12.1 Å². The number of nitrogens with one attached hydrogen (secondary N) is 2. The van der Waals surface area contributed by atoms with E-state index in [9.17, 15) is 4.79 Å². The molecule has 0 saturated heterocycles. The fraction of sp³-hybridized carbons (Fsp3) is 0.250. The molecule has 0 aliphatic heterocycles. The summed E-state index contributed by atoms with van der Waals surface area (Å²) in [6, 6.07) is 13.0. The van der Waals surface area contributed by atoms with Crippen LogP contribution in [-0.4, -0.2) is 33.9 Å². The smallest absolute Gasteiger partial charge is 0.318 e. The minimum absolute atomic E-state index is 0.267. The van der Waals surface area contributed by atoms with Crippen molar-refractivity contribution in [3.8, 4) is 17.2 Å². The minimum atomic E-state index is -0.267. The molecule has 2 aromatic carbocycles. The Labute approximate surface area is 153 Å². The van der Waals surface area contributed by atoms with E-state index in [0.717, 1.165) is 16.9 Å². The summed E-state index contributed by atoms with van der Waals surface area (Å²) in [7, 11) is 4.81. The Morgan fingerprint density at radius 2 is 1.69 bits per heavy atom. The van der Waals surface area contributed by atoms with Crippen LogP contribution in [0.2, 0.25) is 0 Å². The lowest BCUT2D eigenvalue weighted by molar-refractivity contribution is 0.244. The van der Waals surface area contributed by atoms with Crippen molar-refractivity contribution in [2.45, 2.75) is 6.42 Å². The van der Waals surface area contributed by atoms with Gasteiger partial charge < -0.3 is 24.8 Å². The number of urea groups is 1. The van der Waals surface area contributed by atoms with Gasteiger partial charge in [-0.3, -0.25) is 0 Å². The van der Waals surface area contributed by atoms with Gasteiger partial charge in [0.05, 0.1) is 21.3 Å². The predicted octanol–water partition coefficient (Wildman–Crippen LogP) is 3.23. The van der Waals surface area contributed by atoms with Crippen molar-refractivity contribution in [2.75, 3.05) is 27.9 Å². The van der Waals surface area contributed by atoms with Gasteiger partial charge in [-0.1, -0.05) is 24.3 Å². The summed E-state index contributed by atoms with van der Waals surface area (Å²) in [6.45, 7) is 0.504. The highest BCUT2D eigenvalue weighted by Crippen LogP contribution is 2.27. The van der Waals surface area contributed by atoms with Gasteiger partial charge in [-0.05, 0) is 36.3 Å². The first-order chi connectivity index (χ1) is 12.7. The lowest BCUT2D eigenvalue weighted by Gasteiger charge is -2.10. The van der Waals surface area contributed by atoms with E-state index in [-0.39, 0.29) is 6.03 Å². The van der Waals surface area contributed by atoms with Gasteiger partial charge in [0.25, 0.3) is 0 Å². The predicted molar refractivity (Wildman–Crippen MR) is 102 cm³/mol. The van der Waals surface area contributed by atoms with Crippen molar-refractivity contribution in [1.29, 1.82) is 0 Å². The lowest BCUT2D eigenvalue weighted by Crippen LogP contribution is -2.33. The molecular weight excluding hydrogens is 332 g/mol. The van der Waals surface area contributed by atoms with Gasteiger partial charge in [0.2, 0.25) is 0 Å². The van der Waals surface area contributed by atoms with Gasteiger partial charge in [0.15, 0.2) is 11.5 Å². The fourth-order valence-electron chi connectivity index (χ4n) is 2.42. The number of rotatable bonds is 8. The molecule has 2 rings (SSSR count). The Balaban J connectivity index is 1.79. The third kappa shape index (κ3) is 5.44. The number of hydrogen-bond acceptors (Lipinski definition) is 4. The van der Waals surface area contributed by atoms with E-state index >= 15 is 0 Å². The first-order valence-electron chi connectivity index (χ1n) is 8.22. The largest absolute Gasteiger partial charge is 0.496 e. The van der Waals surface area contributed by atoms with Crippen LogP contribution in [0.4, 0.5) is 4.79 Å². The summed E-state index contributed by atoms with van der Waals surface area (Å²) >= 11 is 0. The van der Waals surface area contributed by atoms with E-state index in [1.165, 1.54) is 0 Å². The highest BCUT2D eigenvalue weighted by Gasteiger charge is 2.05. The maximum Gasteiger partial charge on any atom is 0.318 e. The quantitative estimate of drug-likeness (QED) is 0.762. The molecule has 26 heavy (non-hydrogen) atoms. The van der Waals surface area contributed by atoms with Crippen LogP contribution >= 0.6 is 0 Å². The van der Waals surface area contributed by atoms with Crippen LogP contribution in [0.25, 0.3) is 6.08 Å². The summed E-state index contributed by atoms with van der Waals surface area (Å²) in [6.07, 6.45) is 4.06. The molecule has 0 fully saturated rings. The highest BCUT2D eigenvalue weighted by molar-refractivity contribution is 5.76. The Bertz CT molecular complexity index is 759. The second-order valence-electron chi connectivity index (χ2n) is 5.41. The molecule has 6 heteroatoms. The molecule has 2 amide bonds. The number of para-hydroxylation sites is 1. The fourth-order valence-corrected chi connectivity index (χ4v) is 2.42. The SMILES string of the molecule is COc1ccccc1/C=C/NC(=O)NCCc1ccc(OC)c(OC)c1. The van der Waals surface area contributed by atoms with Gasteiger partial charge >= 0.3 is 6.03 Å². The van der Waals surface area contributed by atoms with E-state index in [1.54, 1.807) is 33.6 Å². The molecule has 0 spiro atoms. The van der Waals surface area contributed by atoms with Crippen LogP contribution in [-0.2, 0) is 6.42 Å². The summed E-state index contributed by atoms with van der Waals surface area (Å²) in [5.41, 5.74) is 1.94. The molecule has 0 heterocycles. The van der Waals surface area contributed by atoms with Gasteiger partial charge in [-0.15, -0.1) is 0 Å². The Morgan fingerprint density at radius 3 is 2.42 bits per heavy atom. The number of carbonyl (C=O) groups excluding carboxylic acids is 1. The summed E-state index contributed by atoms with van der Waals surface area (Å²) in [5.74, 6) is 2.11. The standard InChI is InChI=1S/C20H24N2O4/c1-24-17-7-5-4-6-16(17)11-13-22-20(23)21-12-10-15-8-9-18(25-2)19(14-15)26-3/h4-9,11,13-14H,10,12H2,1-3H3,(H2,21,22,23)/b13-11+. The van der Waals surface area contributed by atoms with Crippen LogP contribution in [0.5, 0.6) is 17.2 Å². The van der Waals surface area contributed by atoms with E-state index in [0.29, 0.717) is 24.5 Å². The third-order valence-electron chi connectivity index (χ3n) is 3.76. The molecule has 138 valence electrons. The summed E-state index contributed by atoms with van der Waals surface area (Å²) in [4.78, 5) is 11.9. The number of ether oxygens (including phenoxy) is 3. The first kappa shape index (κ1) is 19.2. The van der Waals surface area contributed by atoms with E-state index in [2.05, 4.69) is 10.6 Å². The highest BCUT2D eigenvalue weighted by atomic mass is 16.5. The molecule has 0 aliphatic carbocycles. The molecule has 2 N–H and O–H groups in total. The van der Waals surface area contributed by atoms with Crippen molar-refractivity contribution in [1.82, 2.24) is 10.6 Å². The maximum absolute atomic E-state index is 11.9. The third-order valence-corrected chi connectivity index (χ3v) is 3.76. The summed E-state index contributed by atoms with van der Waals surface area (Å²) in [5, 5.41) is 5.49. The maximum atomic E-state index is 11.9. The van der Waals surface area contributed by atoms with Crippen molar-refractivity contribution < 1.29 is 19.0 Å². The molecule has 2 aromatic rings. The zero-order valence-electron chi connectivity index (χ0n) is 15.2. The minimum Gasteiger partial charge on any atom is -0.496 e. The molecule has 6 nitrogen and oxygen atoms in total. The Hall–Kier alpha value is -3.15. The zero-order chi connectivity index (χ0) is 18.8. The first-order valence-corrected chi connectivity index (χ1v) is 8.22. The van der Waals surface area contributed by atoms with Gasteiger partial charge in [-0.2, -0.15) is 0 Å². The number of methoxy groups -OCH3 is 3. The van der Waals surface area contributed by atoms with Crippen molar-refractivity contribution in [2.24, 2.45) is 0 Å². The van der Waals surface area contributed by atoms with Gasteiger partial charge in [0, 0.05) is 18.3 Å². The van der Waals surface area contributed by atoms with E-state index in [4.69, 9.17) is 14.2 Å². The molecule has 0 atom stereocenters. The number of amides is 2. The molecular formula is C20H24N2O4.